The van der Waals surface area contributed by atoms with E-state index in [2.05, 4.69) is 79.7 Å². The summed E-state index contributed by atoms with van der Waals surface area (Å²) in [6, 6.07) is 37.3. The number of benzene rings is 5. The summed E-state index contributed by atoms with van der Waals surface area (Å²) in [5, 5.41) is 6.74. The highest BCUT2D eigenvalue weighted by molar-refractivity contribution is 8.77. The standard InChI is InChI=1S/C30H23NOS2/c1-22-16-18-25(19-17-22)31-30(32-28-14-6-10-23-8-2-4-12-26(23)28)20-21-33-34-29-15-7-11-24-9-3-5-13-27(24)29/h2-21H,1H3/b21-20+,31-30?. The van der Waals surface area contributed by atoms with Crippen molar-refractivity contribution in [1.29, 1.82) is 0 Å². The second kappa shape index (κ2) is 10.6. The molecule has 0 aromatic heterocycles. The Labute approximate surface area is 207 Å². The van der Waals surface area contributed by atoms with Crippen LogP contribution in [0.5, 0.6) is 5.75 Å². The van der Waals surface area contributed by atoms with Gasteiger partial charge in [0.1, 0.15) is 5.75 Å². The van der Waals surface area contributed by atoms with Crippen molar-refractivity contribution in [3.63, 3.8) is 0 Å². The molecule has 5 aromatic rings. The molecule has 0 heterocycles. The third-order valence-corrected chi connectivity index (χ3v) is 7.43. The fourth-order valence-electron chi connectivity index (χ4n) is 3.67. The molecule has 0 unspecified atom stereocenters. The zero-order valence-corrected chi connectivity index (χ0v) is 20.4. The van der Waals surface area contributed by atoms with Gasteiger partial charge in [-0.25, -0.2) is 4.99 Å². The van der Waals surface area contributed by atoms with Crippen LogP contribution in [-0.4, -0.2) is 5.90 Å². The van der Waals surface area contributed by atoms with Gasteiger partial charge in [-0.2, -0.15) is 0 Å². The van der Waals surface area contributed by atoms with Gasteiger partial charge in [-0.15, -0.1) is 0 Å². The van der Waals surface area contributed by atoms with Gasteiger partial charge in [-0.05, 0) is 52.8 Å². The summed E-state index contributed by atoms with van der Waals surface area (Å²) in [4.78, 5) is 6.02. The van der Waals surface area contributed by atoms with Gasteiger partial charge in [-0.3, -0.25) is 0 Å². The second-order valence-electron chi connectivity index (χ2n) is 7.82. The normalized spacial score (nSPS) is 12.0. The molecule has 0 aliphatic heterocycles. The van der Waals surface area contributed by atoms with Crippen LogP contribution in [0.25, 0.3) is 21.5 Å². The topological polar surface area (TPSA) is 21.6 Å². The minimum absolute atomic E-state index is 0.547. The van der Waals surface area contributed by atoms with Crippen molar-refractivity contribution in [2.24, 2.45) is 4.99 Å². The van der Waals surface area contributed by atoms with Crippen LogP contribution < -0.4 is 4.74 Å². The number of hydrogen-bond acceptors (Lipinski definition) is 4. The molecule has 4 heteroatoms. The van der Waals surface area contributed by atoms with Crippen LogP contribution in [0.4, 0.5) is 5.69 Å². The third-order valence-electron chi connectivity index (χ3n) is 5.39. The van der Waals surface area contributed by atoms with Gasteiger partial charge in [0, 0.05) is 16.4 Å². The molecule has 5 aromatic carbocycles. The van der Waals surface area contributed by atoms with Crippen molar-refractivity contribution in [2.45, 2.75) is 11.8 Å². The maximum atomic E-state index is 6.33. The van der Waals surface area contributed by atoms with Crippen LogP contribution in [0.15, 0.2) is 131 Å². The van der Waals surface area contributed by atoms with Crippen molar-refractivity contribution in [3.8, 4) is 5.75 Å². The van der Waals surface area contributed by atoms with Crippen molar-refractivity contribution < 1.29 is 4.74 Å². The van der Waals surface area contributed by atoms with Crippen molar-refractivity contribution in [1.82, 2.24) is 0 Å². The van der Waals surface area contributed by atoms with Crippen LogP contribution >= 0.6 is 21.6 Å². The molecule has 0 saturated heterocycles. The predicted molar refractivity (Wildman–Crippen MR) is 149 cm³/mol. The van der Waals surface area contributed by atoms with E-state index in [1.165, 1.54) is 21.2 Å². The maximum Gasteiger partial charge on any atom is 0.220 e. The van der Waals surface area contributed by atoms with Crippen molar-refractivity contribution in [2.75, 3.05) is 0 Å². The summed E-state index contributed by atoms with van der Waals surface area (Å²) < 4.78 is 6.33. The highest BCUT2D eigenvalue weighted by Gasteiger charge is 2.06. The minimum Gasteiger partial charge on any atom is -0.438 e. The van der Waals surface area contributed by atoms with Crippen LogP contribution in [0.3, 0.4) is 0 Å². The van der Waals surface area contributed by atoms with E-state index >= 15 is 0 Å². The lowest BCUT2D eigenvalue weighted by Gasteiger charge is -2.09. The molecule has 0 spiro atoms. The van der Waals surface area contributed by atoms with E-state index in [9.17, 15) is 0 Å². The molecule has 0 aliphatic rings. The van der Waals surface area contributed by atoms with Crippen LogP contribution in [0.1, 0.15) is 5.56 Å². The Morgan fingerprint density at radius 1 is 0.706 bits per heavy atom. The molecular formula is C30H23NOS2. The van der Waals surface area contributed by atoms with Crippen molar-refractivity contribution >= 4 is 54.7 Å². The van der Waals surface area contributed by atoms with E-state index in [1.54, 1.807) is 21.6 Å². The Balaban J connectivity index is 1.40. The number of hydrogen-bond donors (Lipinski definition) is 0. The van der Waals surface area contributed by atoms with E-state index < -0.39 is 0 Å². The molecule has 0 radical (unpaired) electrons. The molecule has 0 N–H and O–H groups in total. The lowest BCUT2D eigenvalue weighted by molar-refractivity contribution is 0.562. The highest BCUT2D eigenvalue weighted by atomic mass is 33.1. The molecule has 166 valence electrons. The van der Waals surface area contributed by atoms with E-state index in [4.69, 9.17) is 9.73 Å². The maximum absolute atomic E-state index is 6.33. The van der Waals surface area contributed by atoms with Gasteiger partial charge in [0.05, 0.1) is 5.69 Å². The molecule has 2 nitrogen and oxygen atoms in total. The molecule has 5 rings (SSSR count). The fraction of sp³-hybridized carbons (Fsp3) is 0.0333. The van der Waals surface area contributed by atoms with Gasteiger partial charge < -0.3 is 4.74 Å². The first-order valence-corrected chi connectivity index (χ1v) is 13.3. The van der Waals surface area contributed by atoms with Crippen LogP contribution in [0.2, 0.25) is 0 Å². The highest BCUT2D eigenvalue weighted by Crippen LogP contribution is 2.36. The predicted octanol–water partition coefficient (Wildman–Crippen LogP) is 9.36. The lowest BCUT2D eigenvalue weighted by atomic mass is 10.1. The molecule has 0 aliphatic carbocycles. The molecule has 0 saturated carbocycles. The summed E-state index contributed by atoms with van der Waals surface area (Å²) in [6.45, 7) is 2.07. The number of aryl methyl sites for hydroxylation is 1. The van der Waals surface area contributed by atoms with Crippen LogP contribution in [0, 0.1) is 6.92 Å². The Morgan fingerprint density at radius 2 is 1.35 bits per heavy atom. The first kappa shape index (κ1) is 22.3. The average molecular weight is 478 g/mol. The van der Waals surface area contributed by atoms with E-state index in [1.807, 2.05) is 47.9 Å². The summed E-state index contributed by atoms with van der Waals surface area (Å²) in [6.07, 6.45) is 1.93. The van der Waals surface area contributed by atoms with Crippen molar-refractivity contribution in [3.05, 3.63) is 126 Å². The van der Waals surface area contributed by atoms with E-state index in [0.29, 0.717) is 5.90 Å². The van der Waals surface area contributed by atoms with Gasteiger partial charge in [0.25, 0.3) is 0 Å². The second-order valence-corrected chi connectivity index (χ2v) is 9.97. The Morgan fingerprint density at radius 3 is 2.15 bits per heavy atom. The first-order valence-electron chi connectivity index (χ1n) is 11.0. The Bertz CT molecular complexity index is 1480. The zero-order valence-electron chi connectivity index (χ0n) is 18.7. The number of nitrogens with zero attached hydrogens (tertiary/aromatic N) is 1. The Hall–Kier alpha value is -3.47. The monoisotopic (exact) mass is 477 g/mol. The SMILES string of the molecule is Cc1ccc(N=C(/C=C/SSc2cccc3ccccc23)Oc2cccc3ccccc23)cc1. The van der Waals surface area contributed by atoms with Crippen LogP contribution in [-0.2, 0) is 0 Å². The molecule has 34 heavy (non-hydrogen) atoms. The molecule has 0 fully saturated rings. The minimum atomic E-state index is 0.547. The summed E-state index contributed by atoms with van der Waals surface area (Å²) in [5.41, 5.74) is 2.06. The largest absolute Gasteiger partial charge is 0.438 e. The fourth-order valence-corrected chi connectivity index (χ4v) is 5.49. The first-order chi connectivity index (χ1) is 16.8. The van der Waals surface area contributed by atoms with E-state index in [0.717, 1.165) is 22.2 Å². The zero-order chi connectivity index (χ0) is 23.2. The average Bonchev–Trinajstić information content (AvgIpc) is 2.88. The lowest BCUT2D eigenvalue weighted by Crippen LogP contribution is -2.05. The van der Waals surface area contributed by atoms with Gasteiger partial charge in [-0.1, -0.05) is 112 Å². The Kier molecular flexibility index (Phi) is 6.99. The number of aliphatic imine (C=N–C) groups is 1. The number of rotatable bonds is 6. The quantitative estimate of drug-likeness (QED) is 0.138. The molecule has 0 atom stereocenters. The summed E-state index contributed by atoms with van der Waals surface area (Å²) in [7, 11) is 3.38. The van der Waals surface area contributed by atoms with Gasteiger partial charge in [0.2, 0.25) is 5.90 Å². The summed E-state index contributed by atoms with van der Waals surface area (Å²) >= 11 is 0. The smallest absolute Gasteiger partial charge is 0.220 e. The third kappa shape index (κ3) is 5.36. The summed E-state index contributed by atoms with van der Waals surface area (Å²) in [5.74, 6) is 1.34. The molecule has 0 bridgehead atoms. The number of ether oxygens (including phenoxy) is 1. The molecule has 0 amide bonds. The number of fused-ring (bicyclic) bond motifs is 2. The van der Waals surface area contributed by atoms with E-state index in [-0.39, 0.29) is 0 Å². The van der Waals surface area contributed by atoms with Gasteiger partial charge >= 0.3 is 0 Å². The van der Waals surface area contributed by atoms with Gasteiger partial charge in [0.15, 0.2) is 0 Å². The molecular weight excluding hydrogens is 454 g/mol.